The second-order valence-electron chi connectivity index (χ2n) is 3.94. The maximum atomic E-state index is 11.1. The Bertz CT molecular complexity index is 421. The van der Waals surface area contributed by atoms with Crippen LogP contribution in [0.15, 0.2) is 24.3 Å². The molecule has 0 aliphatic carbocycles. The third-order valence-corrected chi connectivity index (χ3v) is 2.81. The van der Waals surface area contributed by atoms with Crippen molar-refractivity contribution >= 4 is 9.84 Å². The van der Waals surface area contributed by atoms with E-state index in [2.05, 4.69) is 0 Å². The Hall–Kier alpha value is -0.870. The van der Waals surface area contributed by atoms with Crippen LogP contribution in [0.3, 0.4) is 0 Å². The van der Waals surface area contributed by atoms with Crippen LogP contribution in [-0.2, 0) is 22.0 Å². The molecule has 0 aliphatic rings. The van der Waals surface area contributed by atoms with Crippen LogP contribution in [0.2, 0.25) is 0 Å². The first-order chi connectivity index (χ1) is 6.87. The summed E-state index contributed by atoms with van der Waals surface area (Å²) < 4.78 is 22.2. The fourth-order valence-corrected chi connectivity index (χ4v) is 2.28. The van der Waals surface area contributed by atoms with Gasteiger partial charge in [0, 0.05) is 6.26 Å². The Kier molecular flexibility index (Phi) is 3.88. The molecule has 0 saturated heterocycles. The van der Waals surface area contributed by atoms with Crippen molar-refractivity contribution in [2.45, 2.75) is 25.2 Å². The van der Waals surface area contributed by atoms with Gasteiger partial charge in [0.2, 0.25) is 0 Å². The summed E-state index contributed by atoms with van der Waals surface area (Å²) in [6, 6.07) is 7.32. The summed E-state index contributed by atoms with van der Waals surface area (Å²) in [5.74, 6) is 0.0562. The summed E-state index contributed by atoms with van der Waals surface area (Å²) in [4.78, 5) is 0. The van der Waals surface area contributed by atoms with Gasteiger partial charge in [-0.3, -0.25) is 0 Å². The molecule has 0 fully saturated rings. The van der Waals surface area contributed by atoms with E-state index in [-0.39, 0.29) is 5.75 Å². The van der Waals surface area contributed by atoms with Gasteiger partial charge in [-0.1, -0.05) is 24.3 Å². The Morgan fingerprint density at radius 1 is 1.33 bits per heavy atom. The van der Waals surface area contributed by atoms with Crippen LogP contribution in [0.4, 0.5) is 0 Å². The topological polar surface area (TPSA) is 54.4 Å². The Morgan fingerprint density at radius 3 is 2.47 bits per heavy atom. The van der Waals surface area contributed by atoms with Crippen molar-refractivity contribution in [3.63, 3.8) is 0 Å². The molecule has 0 radical (unpaired) electrons. The molecule has 1 unspecified atom stereocenters. The molecule has 0 bridgehead atoms. The van der Waals surface area contributed by atoms with E-state index in [0.717, 1.165) is 11.1 Å². The fourth-order valence-electron chi connectivity index (χ4n) is 1.49. The van der Waals surface area contributed by atoms with Crippen molar-refractivity contribution in [2.75, 3.05) is 6.26 Å². The molecule has 3 nitrogen and oxygen atoms in total. The largest absolute Gasteiger partial charge is 0.393 e. The van der Waals surface area contributed by atoms with Gasteiger partial charge in [0.15, 0.2) is 9.84 Å². The predicted molar refractivity (Wildman–Crippen MR) is 60.4 cm³/mol. The monoisotopic (exact) mass is 228 g/mol. The molecule has 4 heteroatoms. The van der Waals surface area contributed by atoms with E-state index in [1.165, 1.54) is 6.26 Å². The summed E-state index contributed by atoms with van der Waals surface area (Å²) in [5.41, 5.74) is 1.74. The van der Waals surface area contributed by atoms with Crippen LogP contribution in [-0.4, -0.2) is 25.9 Å². The van der Waals surface area contributed by atoms with Crippen molar-refractivity contribution in [3.05, 3.63) is 35.4 Å². The molecule has 1 rings (SSSR count). The van der Waals surface area contributed by atoms with Crippen LogP contribution >= 0.6 is 0 Å². The minimum Gasteiger partial charge on any atom is -0.393 e. The van der Waals surface area contributed by atoms with E-state index in [1.807, 2.05) is 18.2 Å². The molecular weight excluding hydrogens is 212 g/mol. The van der Waals surface area contributed by atoms with Crippen molar-refractivity contribution < 1.29 is 13.5 Å². The third kappa shape index (κ3) is 4.95. The number of rotatable bonds is 4. The molecule has 0 heterocycles. The smallest absolute Gasteiger partial charge is 0.151 e. The quantitative estimate of drug-likeness (QED) is 0.841. The lowest BCUT2D eigenvalue weighted by atomic mass is 10.1. The lowest BCUT2D eigenvalue weighted by molar-refractivity contribution is 0.195. The second kappa shape index (κ2) is 4.77. The highest BCUT2D eigenvalue weighted by Crippen LogP contribution is 2.10. The van der Waals surface area contributed by atoms with Crippen molar-refractivity contribution in [1.82, 2.24) is 0 Å². The maximum Gasteiger partial charge on any atom is 0.151 e. The van der Waals surface area contributed by atoms with Gasteiger partial charge in [0.25, 0.3) is 0 Å². The molecule has 0 spiro atoms. The van der Waals surface area contributed by atoms with Crippen LogP contribution in [0.25, 0.3) is 0 Å². The summed E-state index contributed by atoms with van der Waals surface area (Å²) in [6.07, 6.45) is 1.37. The molecule has 0 amide bonds. The molecule has 1 N–H and O–H groups in total. The predicted octanol–water partition coefficient (Wildman–Crippen LogP) is 1.15. The summed E-state index contributed by atoms with van der Waals surface area (Å²) in [5, 5.41) is 9.21. The molecule has 15 heavy (non-hydrogen) atoms. The minimum absolute atomic E-state index is 0.0562. The third-order valence-electron chi connectivity index (χ3n) is 1.95. The SMILES string of the molecule is CC(O)Cc1cccc(CS(C)(=O)=O)c1. The lowest BCUT2D eigenvalue weighted by Crippen LogP contribution is -2.05. The average molecular weight is 228 g/mol. The van der Waals surface area contributed by atoms with E-state index in [4.69, 9.17) is 0 Å². The first kappa shape index (κ1) is 12.2. The Labute approximate surface area is 90.7 Å². The number of sulfone groups is 1. The minimum atomic E-state index is -2.98. The van der Waals surface area contributed by atoms with Gasteiger partial charge in [0.1, 0.15) is 0 Å². The summed E-state index contributed by atoms with van der Waals surface area (Å²) >= 11 is 0. The molecule has 0 aromatic heterocycles. The van der Waals surface area contributed by atoms with E-state index >= 15 is 0 Å². The van der Waals surface area contributed by atoms with Gasteiger partial charge in [-0.05, 0) is 24.5 Å². The molecule has 1 aromatic rings. The molecule has 84 valence electrons. The number of aliphatic hydroxyl groups is 1. The van der Waals surface area contributed by atoms with Gasteiger partial charge in [0.05, 0.1) is 11.9 Å². The number of aliphatic hydroxyl groups excluding tert-OH is 1. The molecular formula is C11H16O3S. The van der Waals surface area contributed by atoms with Gasteiger partial charge in [-0.2, -0.15) is 0 Å². The Balaban J connectivity index is 2.83. The van der Waals surface area contributed by atoms with E-state index in [9.17, 15) is 13.5 Å². The average Bonchev–Trinajstić information content (AvgIpc) is 1.99. The van der Waals surface area contributed by atoms with Gasteiger partial charge in [-0.15, -0.1) is 0 Å². The molecule has 0 aliphatic heterocycles. The number of hydrogen-bond donors (Lipinski definition) is 1. The Morgan fingerprint density at radius 2 is 1.93 bits per heavy atom. The molecule has 1 atom stereocenters. The fraction of sp³-hybridized carbons (Fsp3) is 0.455. The lowest BCUT2D eigenvalue weighted by Gasteiger charge is -2.06. The van der Waals surface area contributed by atoms with E-state index in [1.54, 1.807) is 13.0 Å². The van der Waals surface area contributed by atoms with Gasteiger partial charge < -0.3 is 5.11 Å². The van der Waals surface area contributed by atoms with Crippen LogP contribution in [0.1, 0.15) is 18.1 Å². The van der Waals surface area contributed by atoms with Crippen LogP contribution < -0.4 is 0 Å². The zero-order valence-corrected chi connectivity index (χ0v) is 9.79. The molecule has 1 aromatic carbocycles. The highest BCUT2D eigenvalue weighted by Gasteiger charge is 2.05. The van der Waals surface area contributed by atoms with Crippen molar-refractivity contribution in [3.8, 4) is 0 Å². The van der Waals surface area contributed by atoms with Crippen LogP contribution in [0.5, 0.6) is 0 Å². The van der Waals surface area contributed by atoms with Crippen molar-refractivity contribution in [2.24, 2.45) is 0 Å². The number of benzene rings is 1. The zero-order chi connectivity index (χ0) is 11.5. The first-order valence-corrected chi connectivity index (χ1v) is 6.86. The standard InChI is InChI=1S/C11H16O3S/c1-9(12)6-10-4-3-5-11(7-10)8-15(2,13)14/h3-5,7,9,12H,6,8H2,1-2H3. The van der Waals surface area contributed by atoms with E-state index < -0.39 is 15.9 Å². The summed E-state index contributed by atoms with van der Waals surface area (Å²) in [7, 11) is -2.98. The first-order valence-electron chi connectivity index (χ1n) is 4.80. The van der Waals surface area contributed by atoms with Gasteiger partial charge >= 0.3 is 0 Å². The maximum absolute atomic E-state index is 11.1. The van der Waals surface area contributed by atoms with Crippen LogP contribution in [0, 0.1) is 0 Å². The van der Waals surface area contributed by atoms with Gasteiger partial charge in [-0.25, -0.2) is 8.42 Å². The normalized spacial score (nSPS) is 13.8. The zero-order valence-electron chi connectivity index (χ0n) is 8.97. The highest BCUT2D eigenvalue weighted by atomic mass is 32.2. The highest BCUT2D eigenvalue weighted by molar-refractivity contribution is 7.89. The number of hydrogen-bond acceptors (Lipinski definition) is 3. The second-order valence-corrected chi connectivity index (χ2v) is 6.08. The van der Waals surface area contributed by atoms with E-state index in [0.29, 0.717) is 6.42 Å². The summed E-state index contributed by atoms with van der Waals surface area (Å²) in [6.45, 7) is 1.71. The van der Waals surface area contributed by atoms with Crippen molar-refractivity contribution in [1.29, 1.82) is 0 Å². The molecule has 0 saturated carbocycles.